The first-order valence-corrected chi connectivity index (χ1v) is 10.7. The molecular weight excluding hydrogens is 306 g/mol. The van der Waals surface area contributed by atoms with Gasteiger partial charge in [0.05, 0.1) is 0 Å². The molecule has 2 aliphatic carbocycles. The van der Waals surface area contributed by atoms with Crippen molar-refractivity contribution in [2.45, 2.75) is 91.0 Å². The van der Waals surface area contributed by atoms with Gasteiger partial charge in [-0.3, -0.25) is 4.98 Å². The number of hydrogen-bond acceptors (Lipinski definition) is 3. The van der Waals surface area contributed by atoms with Gasteiger partial charge in [-0.25, -0.2) is 0 Å². The average Bonchev–Trinajstić information content (AvgIpc) is 2.65. The summed E-state index contributed by atoms with van der Waals surface area (Å²) in [5.74, 6) is 0. The smallest absolute Gasteiger partial charge is 0.0459 e. The van der Waals surface area contributed by atoms with E-state index in [2.05, 4.69) is 31.0 Å². The van der Waals surface area contributed by atoms with Crippen LogP contribution in [0.5, 0.6) is 0 Å². The summed E-state index contributed by atoms with van der Waals surface area (Å²) in [5, 5.41) is 3.95. The molecule has 1 heterocycles. The minimum Gasteiger partial charge on any atom is -0.382 e. The van der Waals surface area contributed by atoms with Gasteiger partial charge < -0.3 is 10.2 Å². The van der Waals surface area contributed by atoms with E-state index in [1.165, 1.54) is 101 Å². The molecule has 3 nitrogen and oxygen atoms in total. The maximum atomic E-state index is 5.08. The first-order valence-electron chi connectivity index (χ1n) is 10.7. The van der Waals surface area contributed by atoms with Crippen LogP contribution in [0.1, 0.15) is 81.8 Å². The van der Waals surface area contributed by atoms with Crippen molar-refractivity contribution in [2.24, 2.45) is 0 Å². The summed E-state index contributed by atoms with van der Waals surface area (Å²) in [6.07, 6.45) is 12.7. The molecule has 0 aromatic carbocycles. The van der Waals surface area contributed by atoms with Crippen molar-refractivity contribution in [1.29, 1.82) is 0 Å². The van der Waals surface area contributed by atoms with Crippen LogP contribution in [0, 0.1) is 0 Å². The Labute approximate surface area is 154 Å². The summed E-state index contributed by atoms with van der Waals surface area (Å²) in [6.45, 7) is 10.5. The monoisotopic (exact) mass is 343 g/mol. The van der Waals surface area contributed by atoms with Gasteiger partial charge in [0.1, 0.15) is 0 Å². The molecule has 1 aromatic heterocycles. The molecule has 0 aliphatic heterocycles. The van der Waals surface area contributed by atoms with E-state index in [0.717, 1.165) is 0 Å². The Bertz CT molecular complexity index is 529. The number of anilines is 1. The SMILES string of the molecule is CCN(CC)CCC[C@@H](C)Nc1c2c(nc3c1CCCC3)CCCC2. The molecule has 0 saturated carbocycles. The molecule has 0 radical (unpaired) electrons. The van der Waals surface area contributed by atoms with Crippen molar-refractivity contribution in [2.75, 3.05) is 25.0 Å². The first-order chi connectivity index (χ1) is 12.2. The molecule has 0 unspecified atom stereocenters. The molecule has 3 heteroatoms. The van der Waals surface area contributed by atoms with Crippen LogP contribution >= 0.6 is 0 Å². The fraction of sp³-hybridized carbons (Fsp3) is 0.773. The van der Waals surface area contributed by atoms with Gasteiger partial charge >= 0.3 is 0 Å². The van der Waals surface area contributed by atoms with E-state index in [4.69, 9.17) is 4.98 Å². The van der Waals surface area contributed by atoms with Crippen molar-refractivity contribution < 1.29 is 0 Å². The van der Waals surface area contributed by atoms with Crippen molar-refractivity contribution in [3.05, 3.63) is 22.5 Å². The third-order valence-corrected chi connectivity index (χ3v) is 6.15. The molecule has 0 amide bonds. The van der Waals surface area contributed by atoms with Crippen LogP contribution in [-0.4, -0.2) is 35.6 Å². The minimum atomic E-state index is 0.551. The summed E-state index contributed by atoms with van der Waals surface area (Å²) < 4.78 is 0. The van der Waals surface area contributed by atoms with Crippen molar-refractivity contribution in [3.63, 3.8) is 0 Å². The second kappa shape index (κ2) is 9.02. The van der Waals surface area contributed by atoms with E-state index in [9.17, 15) is 0 Å². The van der Waals surface area contributed by atoms with E-state index in [1.54, 1.807) is 11.1 Å². The predicted octanol–water partition coefficient (Wildman–Crippen LogP) is 4.76. The van der Waals surface area contributed by atoms with Gasteiger partial charge in [0.15, 0.2) is 0 Å². The zero-order chi connectivity index (χ0) is 17.6. The lowest BCUT2D eigenvalue weighted by Gasteiger charge is -2.29. The Kier molecular flexibility index (Phi) is 6.75. The third-order valence-electron chi connectivity index (χ3n) is 6.15. The Morgan fingerprint density at radius 3 is 2.04 bits per heavy atom. The molecule has 140 valence electrons. The molecule has 3 rings (SSSR count). The lowest BCUT2D eigenvalue weighted by Crippen LogP contribution is -2.26. The fourth-order valence-electron chi connectivity index (χ4n) is 4.56. The van der Waals surface area contributed by atoms with Crippen molar-refractivity contribution >= 4 is 5.69 Å². The molecule has 1 aromatic rings. The second-order valence-corrected chi connectivity index (χ2v) is 7.97. The van der Waals surface area contributed by atoms with Gasteiger partial charge in [-0.2, -0.15) is 0 Å². The van der Waals surface area contributed by atoms with Crippen molar-refractivity contribution in [3.8, 4) is 0 Å². The number of fused-ring (bicyclic) bond motifs is 2. The van der Waals surface area contributed by atoms with Gasteiger partial charge in [0.25, 0.3) is 0 Å². The molecule has 0 fully saturated rings. The summed E-state index contributed by atoms with van der Waals surface area (Å²) in [5.41, 5.74) is 7.43. The highest BCUT2D eigenvalue weighted by Gasteiger charge is 2.24. The zero-order valence-electron chi connectivity index (χ0n) is 16.7. The van der Waals surface area contributed by atoms with Crippen LogP contribution in [0.4, 0.5) is 5.69 Å². The van der Waals surface area contributed by atoms with E-state index >= 15 is 0 Å². The highest BCUT2D eigenvalue weighted by atomic mass is 15.1. The molecule has 25 heavy (non-hydrogen) atoms. The number of nitrogens with zero attached hydrogens (tertiary/aromatic N) is 2. The van der Waals surface area contributed by atoms with E-state index < -0.39 is 0 Å². The second-order valence-electron chi connectivity index (χ2n) is 7.97. The summed E-state index contributed by atoms with van der Waals surface area (Å²) >= 11 is 0. The number of pyridine rings is 1. The zero-order valence-corrected chi connectivity index (χ0v) is 16.7. The average molecular weight is 344 g/mol. The number of aromatic nitrogens is 1. The number of aryl methyl sites for hydroxylation is 2. The Balaban J connectivity index is 1.70. The van der Waals surface area contributed by atoms with Gasteiger partial charge in [-0.1, -0.05) is 13.8 Å². The Hall–Kier alpha value is -1.09. The molecule has 2 aliphatic rings. The van der Waals surface area contributed by atoms with Crippen LogP contribution in [0.3, 0.4) is 0 Å². The quantitative estimate of drug-likeness (QED) is 0.737. The number of hydrogen-bond donors (Lipinski definition) is 1. The van der Waals surface area contributed by atoms with Crippen LogP contribution < -0.4 is 5.32 Å². The molecular formula is C22H37N3. The lowest BCUT2D eigenvalue weighted by molar-refractivity contribution is 0.295. The largest absolute Gasteiger partial charge is 0.382 e. The molecule has 1 N–H and O–H groups in total. The maximum Gasteiger partial charge on any atom is 0.0459 e. The number of nitrogens with one attached hydrogen (secondary N) is 1. The van der Waals surface area contributed by atoms with Crippen LogP contribution in [-0.2, 0) is 25.7 Å². The first kappa shape index (κ1) is 18.7. The van der Waals surface area contributed by atoms with Gasteiger partial charge in [-0.05, 0) is 102 Å². The highest BCUT2D eigenvalue weighted by Crippen LogP contribution is 2.35. The highest BCUT2D eigenvalue weighted by molar-refractivity contribution is 5.62. The summed E-state index contributed by atoms with van der Waals surface area (Å²) in [6, 6.07) is 0.551. The molecule has 0 saturated heterocycles. The summed E-state index contributed by atoms with van der Waals surface area (Å²) in [4.78, 5) is 7.61. The van der Waals surface area contributed by atoms with E-state index in [1.807, 2.05) is 0 Å². The van der Waals surface area contributed by atoms with Gasteiger partial charge in [-0.15, -0.1) is 0 Å². The Morgan fingerprint density at radius 1 is 0.920 bits per heavy atom. The number of rotatable bonds is 8. The van der Waals surface area contributed by atoms with Crippen LogP contribution in [0.15, 0.2) is 0 Å². The van der Waals surface area contributed by atoms with Gasteiger partial charge in [0, 0.05) is 23.1 Å². The Morgan fingerprint density at radius 2 is 1.48 bits per heavy atom. The normalized spacial score (nSPS) is 17.9. The molecule has 0 spiro atoms. The topological polar surface area (TPSA) is 28.2 Å². The predicted molar refractivity (Wildman–Crippen MR) is 108 cm³/mol. The molecule has 0 bridgehead atoms. The fourth-order valence-corrected chi connectivity index (χ4v) is 4.56. The maximum absolute atomic E-state index is 5.08. The van der Waals surface area contributed by atoms with Crippen molar-refractivity contribution in [1.82, 2.24) is 9.88 Å². The standard InChI is InChI=1S/C22H37N3/c1-4-25(5-2)16-10-11-17(3)23-22-18-12-6-8-14-20(18)24-21-15-9-7-13-19(21)22/h17H,4-16H2,1-3H3,(H,23,24)/t17-/m1/s1. The minimum absolute atomic E-state index is 0.551. The van der Waals surface area contributed by atoms with E-state index in [0.29, 0.717) is 6.04 Å². The van der Waals surface area contributed by atoms with Gasteiger partial charge in [0.2, 0.25) is 0 Å². The summed E-state index contributed by atoms with van der Waals surface area (Å²) in [7, 11) is 0. The lowest BCUT2D eigenvalue weighted by atomic mass is 9.87. The van der Waals surface area contributed by atoms with E-state index in [-0.39, 0.29) is 0 Å². The molecule has 1 atom stereocenters. The van der Waals surface area contributed by atoms with Crippen LogP contribution in [0.2, 0.25) is 0 Å². The third kappa shape index (κ3) is 4.55. The van der Waals surface area contributed by atoms with Crippen LogP contribution in [0.25, 0.3) is 0 Å².